The molecular formula is C11H13NO2S. The van der Waals surface area contributed by atoms with Gasteiger partial charge in [0.15, 0.2) is 5.54 Å². The first-order valence-electron chi connectivity index (χ1n) is 4.93. The predicted molar refractivity (Wildman–Crippen MR) is 60.7 cm³/mol. The number of aliphatic carboxylic acids is 1. The highest BCUT2D eigenvalue weighted by atomic mass is 32.1. The van der Waals surface area contributed by atoms with Crippen molar-refractivity contribution in [2.45, 2.75) is 18.4 Å². The van der Waals surface area contributed by atoms with Gasteiger partial charge in [-0.05, 0) is 18.4 Å². The maximum atomic E-state index is 11.4. The summed E-state index contributed by atoms with van der Waals surface area (Å²) in [5, 5.41) is 9.40. The van der Waals surface area contributed by atoms with Crippen molar-refractivity contribution >= 4 is 18.8 Å². The Balaban J connectivity index is 2.49. The molecule has 1 atom stereocenters. The van der Waals surface area contributed by atoms with Gasteiger partial charge in [-0.25, -0.2) is 9.10 Å². The molecule has 1 unspecified atom stereocenters. The summed E-state index contributed by atoms with van der Waals surface area (Å²) in [6.07, 6.45) is 1.49. The summed E-state index contributed by atoms with van der Waals surface area (Å²) in [7, 11) is 0. The van der Waals surface area contributed by atoms with E-state index in [0.29, 0.717) is 13.0 Å². The third-order valence-corrected chi connectivity index (χ3v) is 3.50. The van der Waals surface area contributed by atoms with Gasteiger partial charge in [0.1, 0.15) is 0 Å². The lowest BCUT2D eigenvalue weighted by Gasteiger charge is -2.31. The van der Waals surface area contributed by atoms with Crippen LogP contribution in [0.25, 0.3) is 0 Å². The number of hydrogen-bond donors (Lipinski definition) is 2. The molecule has 80 valence electrons. The molecule has 0 spiro atoms. The Bertz CT molecular complexity index is 368. The van der Waals surface area contributed by atoms with Gasteiger partial charge in [-0.1, -0.05) is 43.1 Å². The van der Waals surface area contributed by atoms with Crippen LogP contribution in [-0.4, -0.2) is 21.9 Å². The average molecular weight is 223 g/mol. The minimum Gasteiger partial charge on any atom is -0.480 e. The van der Waals surface area contributed by atoms with E-state index in [-0.39, 0.29) is 0 Å². The molecule has 1 N–H and O–H groups in total. The van der Waals surface area contributed by atoms with E-state index < -0.39 is 11.5 Å². The van der Waals surface area contributed by atoms with Crippen molar-refractivity contribution in [3.8, 4) is 0 Å². The Kier molecular flexibility index (Phi) is 2.71. The van der Waals surface area contributed by atoms with Gasteiger partial charge in [-0.2, -0.15) is 0 Å². The van der Waals surface area contributed by atoms with E-state index in [1.807, 2.05) is 30.3 Å². The SMILES string of the molecule is O=C(O)C1(c2ccccc2)CCCN1S. The van der Waals surface area contributed by atoms with Crippen molar-refractivity contribution in [2.24, 2.45) is 0 Å². The van der Waals surface area contributed by atoms with Crippen LogP contribution >= 0.6 is 12.8 Å². The molecule has 4 heteroatoms. The third-order valence-electron chi connectivity index (χ3n) is 2.95. The van der Waals surface area contributed by atoms with Gasteiger partial charge in [0.05, 0.1) is 0 Å². The molecule has 0 amide bonds. The molecule has 0 aromatic heterocycles. The van der Waals surface area contributed by atoms with Crippen LogP contribution in [0, 0.1) is 0 Å². The lowest BCUT2D eigenvalue weighted by molar-refractivity contribution is -0.147. The molecule has 1 fully saturated rings. The Morgan fingerprint density at radius 2 is 2.07 bits per heavy atom. The van der Waals surface area contributed by atoms with Crippen molar-refractivity contribution < 1.29 is 9.90 Å². The summed E-state index contributed by atoms with van der Waals surface area (Å²) < 4.78 is 1.63. The highest BCUT2D eigenvalue weighted by molar-refractivity contribution is 7.77. The quantitative estimate of drug-likeness (QED) is 0.752. The average Bonchev–Trinajstić information content (AvgIpc) is 2.62. The Labute approximate surface area is 94.3 Å². The van der Waals surface area contributed by atoms with Crippen molar-refractivity contribution in [3.63, 3.8) is 0 Å². The molecule has 15 heavy (non-hydrogen) atoms. The van der Waals surface area contributed by atoms with Crippen LogP contribution in [0.5, 0.6) is 0 Å². The second-order valence-electron chi connectivity index (χ2n) is 3.76. The van der Waals surface area contributed by atoms with Gasteiger partial charge >= 0.3 is 5.97 Å². The fraction of sp³-hybridized carbons (Fsp3) is 0.364. The third kappa shape index (κ3) is 1.54. The smallest absolute Gasteiger partial charge is 0.329 e. The summed E-state index contributed by atoms with van der Waals surface area (Å²) in [4.78, 5) is 11.4. The Morgan fingerprint density at radius 1 is 1.40 bits per heavy atom. The molecule has 1 aliphatic rings. The van der Waals surface area contributed by atoms with Crippen LogP contribution < -0.4 is 0 Å². The first-order chi connectivity index (χ1) is 7.18. The number of nitrogens with zero attached hydrogens (tertiary/aromatic N) is 1. The highest BCUT2D eigenvalue weighted by Crippen LogP contribution is 2.40. The first-order valence-corrected chi connectivity index (χ1v) is 5.33. The molecule has 0 saturated carbocycles. The molecule has 1 aromatic carbocycles. The van der Waals surface area contributed by atoms with E-state index in [9.17, 15) is 9.90 Å². The number of benzene rings is 1. The topological polar surface area (TPSA) is 40.5 Å². The lowest BCUT2D eigenvalue weighted by atomic mass is 9.88. The molecule has 0 aliphatic carbocycles. The second kappa shape index (κ2) is 3.87. The van der Waals surface area contributed by atoms with Crippen molar-refractivity contribution in [2.75, 3.05) is 6.54 Å². The van der Waals surface area contributed by atoms with Gasteiger partial charge in [-0.3, -0.25) is 0 Å². The summed E-state index contributed by atoms with van der Waals surface area (Å²) in [6.45, 7) is 0.713. The molecule has 0 bridgehead atoms. The van der Waals surface area contributed by atoms with Crippen molar-refractivity contribution in [1.82, 2.24) is 4.31 Å². The van der Waals surface area contributed by atoms with Gasteiger partial charge in [0.25, 0.3) is 0 Å². The number of rotatable bonds is 2. The van der Waals surface area contributed by atoms with Gasteiger partial charge in [-0.15, -0.1) is 0 Å². The minimum absolute atomic E-state index is 0.621. The molecule has 1 aromatic rings. The molecule has 1 aliphatic heterocycles. The van der Waals surface area contributed by atoms with Crippen molar-refractivity contribution in [1.29, 1.82) is 0 Å². The van der Waals surface area contributed by atoms with Gasteiger partial charge in [0, 0.05) is 6.54 Å². The summed E-state index contributed by atoms with van der Waals surface area (Å²) >= 11 is 4.28. The molecule has 1 saturated heterocycles. The van der Waals surface area contributed by atoms with Crippen LogP contribution in [0.15, 0.2) is 30.3 Å². The summed E-state index contributed by atoms with van der Waals surface area (Å²) in [5.74, 6) is -0.818. The number of thiol groups is 1. The Hall–Kier alpha value is -1.00. The van der Waals surface area contributed by atoms with Crippen LogP contribution in [0.3, 0.4) is 0 Å². The highest BCUT2D eigenvalue weighted by Gasteiger charge is 2.47. The molecule has 1 heterocycles. The van der Waals surface area contributed by atoms with E-state index in [2.05, 4.69) is 12.8 Å². The molecule has 2 rings (SSSR count). The largest absolute Gasteiger partial charge is 0.480 e. The molecular weight excluding hydrogens is 210 g/mol. The molecule has 3 nitrogen and oxygen atoms in total. The normalized spacial score (nSPS) is 26.7. The number of hydrogen-bond acceptors (Lipinski definition) is 3. The molecule has 0 radical (unpaired) electrons. The zero-order chi connectivity index (χ0) is 10.9. The summed E-state index contributed by atoms with van der Waals surface area (Å²) in [6, 6.07) is 9.31. The van der Waals surface area contributed by atoms with Crippen molar-refractivity contribution in [3.05, 3.63) is 35.9 Å². The monoisotopic (exact) mass is 223 g/mol. The standard InChI is InChI=1S/C11H13NO2S/c13-10(14)11(7-4-8-12(11)15)9-5-2-1-3-6-9/h1-3,5-6,15H,4,7-8H2,(H,13,14). The van der Waals surface area contributed by atoms with Crippen LogP contribution in [0.4, 0.5) is 0 Å². The predicted octanol–water partition coefficient (Wildman–Crippen LogP) is 1.91. The first kappa shape index (κ1) is 10.5. The van der Waals surface area contributed by atoms with Crippen LogP contribution in [0.2, 0.25) is 0 Å². The van der Waals surface area contributed by atoms with Gasteiger partial charge in [0.2, 0.25) is 0 Å². The fourth-order valence-electron chi connectivity index (χ4n) is 2.15. The van der Waals surface area contributed by atoms with Gasteiger partial charge < -0.3 is 5.11 Å². The van der Waals surface area contributed by atoms with Crippen LogP contribution in [0.1, 0.15) is 18.4 Å². The van der Waals surface area contributed by atoms with E-state index in [4.69, 9.17) is 0 Å². The second-order valence-corrected chi connectivity index (χ2v) is 4.24. The zero-order valence-corrected chi connectivity index (χ0v) is 9.15. The Morgan fingerprint density at radius 3 is 2.53 bits per heavy atom. The maximum Gasteiger partial charge on any atom is 0.329 e. The number of carboxylic acids is 1. The summed E-state index contributed by atoms with van der Waals surface area (Å²) in [5.41, 5.74) is -0.130. The fourth-order valence-corrected chi connectivity index (χ4v) is 2.60. The minimum atomic E-state index is -0.940. The van der Waals surface area contributed by atoms with Crippen LogP contribution in [-0.2, 0) is 10.3 Å². The van der Waals surface area contributed by atoms with E-state index in [0.717, 1.165) is 12.0 Å². The van der Waals surface area contributed by atoms with E-state index >= 15 is 0 Å². The maximum absolute atomic E-state index is 11.4. The van der Waals surface area contributed by atoms with E-state index in [1.54, 1.807) is 4.31 Å². The number of carbonyl (C=O) groups is 1. The number of carboxylic acid groups (broad SMARTS) is 1. The van der Waals surface area contributed by atoms with E-state index in [1.165, 1.54) is 0 Å². The zero-order valence-electron chi connectivity index (χ0n) is 8.26. The lowest BCUT2D eigenvalue weighted by Crippen LogP contribution is -2.43.